The molecule has 7 heteroatoms. The molecule has 0 fully saturated rings. The average molecular weight is 267 g/mol. The molecule has 1 amide bonds. The quantitative estimate of drug-likeness (QED) is 0.339. The number of rotatable bonds is 8. The largest absolute Gasteiger partial charge is 0.378 e. The Kier molecular flexibility index (Phi) is 6.80. The second-order valence-corrected chi connectivity index (χ2v) is 4.25. The minimum atomic E-state index is -0.222. The fourth-order valence-corrected chi connectivity index (χ4v) is 1.29. The summed E-state index contributed by atoms with van der Waals surface area (Å²) < 4.78 is 5.36. The molecule has 0 aromatic carbocycles. The van der Waals surface area contributed by atoms with Gasteiger partial charge in [0, 0.05) is 13.1 Å². The van der Waals surface area contributed by atoms with Gasteiger partial charge in [-0.2, -0.15) is 0 Å². The first-order valence-electron chi connectivity index (χ1n) is 6.07. The van der Waals surface area contributed by atoms with Gasteiger partial charge in [-0.25, -0.2) is 4.98 Å². The first-order chi connectivity index (χ1) is 9.13. The molecule has 0 aliphatic rings. The highest BCUT2D eigenvalue weighted by Gasteiger charge is 2.05. The fourth-order valence-electron chi connectivity index (χ4n) is 1.29. The number of nitrogens with two attached hydrogens (primary N) is 1. The predicted octanol–water partition coefficient (Wildman–Crippen LogP) is -0.325. The molecule has 0 unspecified atom stereocenters. The SMILES string of the molecule is CN(C)CCOCCNC(=O)c1ccc(NN)cn1. The van der Waals surface area contributed by atoms with Crippen LogP contribution in [0, 0.1) is 0 Å². The van der Waals surface area contributed by atoms with Crippen LogP contribution in [-0.2, 0) is 4.74 Å². The molecule has 1 aromatic rings. The zero-order valence-corrected chi connectivity index (χ0v) is 11.3. The smallest absolute Gasteiger partial charge is 0.269 e. The number of nitrogens with zero attached hydrogens (tertiary/aromatic N) is 2. The van der Waals surface area contributed by atoms with Crippen LogP contribution in [0.25, 0.3) is 0 Å². The summed E-state index contributed by atoms with van der Waals surface area (Å²) >= 11 is 0. The number of carbonyl (C=O) groups is 1. The van der Waals surface area contributed by atoms with Gasteiger partial charge >= 0.3 is 0 Å². The van der Waals surface area contributed by atoms with Gasteiger partial charge in [0.25, 0.3) is 5.91 Å². The lowest BCUT2D eigenvalue weighted by Crippen LogP contribution is -2.29. The number of amides is 1. The van der Waals surface area contributed by atoms with Gasteiger partial charge in [0.1, 0.15) is 5.69 Å². The van der Waals surface area contributed by atoms with E-state index < -0.39 is 0 Å². The van der Waals surface area contributed by atoms with Crippen LogP contribution in [0.5, 0.6) is 0 Å². The van der Waals surface area contributed by atoms with E-state index in [9.17, 15) is 4.79 Å². The van der Waals surface area contributed by atoms with Gasteiger partial charge in [-0.15, -0.1) is 0 Å². The molecule has 0 aliphatic carbocycles. The number of carbonyl (C=O) groups excluding carboxylic acids is 1. The lowest BCUT2D eigenvalue weighted by atomic mass is 10.3. The molecule has 1 heterocycles. The molecule has 0 bridgehead atoms. The van der Waals surface area contributed by atoms with Crippen molar-refractivity contribution in [2.45, 2.75) is 0 Å². The standard InChI is InChI=1S/C12H21N5O2/c1-17(2)6-8-19-7-5-14-12(18)11-4-3-10(16-13)9-15-11/h3-4,9,16H,5-8,13H2,1-2H3,(H,14,18). The third kappa shape index (κ3) is 6.14. The number of hydrogen-bond donors (Lipinski definition) is 3. The lowest BCUT2D eigenvalue weighted by molar-refractivity contribution is 0.0896. The summed E-state index contributed by atoms with van der Waals surface area (Å²) in [6.45, 7) is 2.47. The summed E-state index contributed by atoms with van der Waals surface area (Å²) in [7, 11) is 3.97. The van der Waals surface area contributed by atoms with Gasteiger partial charge in [0.2, 0.25) is 0 Å². The highest BCUT2D eigenvalue weighted by Crippen LogP contribution is 2.03. The van der Waals surface area contributed by atoms with Crippen molar-refractivity contribution in [2.24, 2.45) is 5.84 Å². The van der Waals surface area contributed by atoms with Gasteiger partial charge in [-0.05, 0) is 26.2 Å². The predicted molar refractivity (Wildman–Crippen MR) is 73.8 cm³/mol. The Morgan fingerprint density at radius 2 is 2.21 bits per heavy atom. The monoisotopic (exact) mass is 267 g/mol. The molecule has 1 aromatic heterocycles. The number of anilines is 1. The maximum Gasteiger partial charge on any atom is 0.269 e. The molecule has 4 N–H and O–H groups in total. The van der Waals surface area contributed by atoms with E-state index in [1.807, 2.05) is 19.0 Å². The number of ether oxygens (including phenoxy) is 1. The zero-order valence-electron chi connectivity index (χ0n) is 11.3. The molecule has 19 heavy (non-hydrogen) atoms. The van der Waals surface area contributed by atoms with Crippen molar-refractivity contribution in [3.63, 3.8) is 0 Å². The summed E-state index contributed by atoms with van der Waals surface area (Å²) in [5.74, 6) is 4.99. The summed E-state index contributed by atoms with van der Waals surface area (Å²) in [6, 6.07) is 3.30. The van der Waals surface area contributed by atoms with Gasteiger partial charge in [0.05, 0.1) is 25.1 Å². The van der Waals surface area contributed by atoms with E-state index in [0.717, 1.165) is 6.54 Å². The van der Waals surface area contributed by atoms with Gasteiger partial charge in [-0.3, -0.25) is 10.6 Å². The van der Waals surface area contributed by atoms with Crippen LogP contribution in [0.15, 0.2) is 18.3 Å². The number of likely N-dealkylation sites (N-methyl/N-ethyl adjacent to an activating group) is 1. The van der Waals surface area contributed by atoms with Crippen LogP contribution in [0.3, 0.4) is 0 Å². The zero-order chi connectivity index (χ0) is 14.1. The van der Waals surface area contributed by atoms with Crippen molar-refractivity contribution >= 4 is 11.6 Å². The molecule has 106 valence electrons. The first-order valence-corrected chi connectivity index (χ1v) is 6.07. The lowest BCUT2D eigenvalue weighted by Gasteiger charge is -2.10. The molecule has 0 spiro atoms. The van der Waals surface area contributed by atoms with Crippen molar-refractivity contribution in [3.05, 3.63) is 24.0 Å². The van der Waals surface area contributed by atoms with E-state index in [0.29, 0.717) is 31.1 Å². The molecule has 0 saturated carbocycles. The number of hydrogen-bond acceptors (Lipinski definition) is 6. The highest BCUT2D eigenvalue weighted by molar-refractivity contribution is 5.92. The van der Waals surface area contributed by atoms with Crippen molar-refractivity contribution in [1.29, 1.82) is 0 Å². The highest BCUT2D eigenvalue weighted by atomic mass is 16.5. The van der Waals surface area contributed by atoms with Gasteiger partial charge in [-0.1, -0.05) is 0 Å². The summed E-state index contributed by atoms with van der Waals surface area (Å²) in [4.78, 5) is 17.7. The van der Waals surface area contributed by atoms with E-state index in [2.05, 4.69) is 15.7 Å². The van der Waals surface area contributed by atoms with Gasteiger partial charge in [0.15, 0.2) is 0 Å². The van der Waals surface area contributed by atoms with Crippen molar-refractivity contribution in [3.8, 4) is 0 Å². The van der Waals surface area contributed by atoms with Crippen molar-refractivity contribution in [1.82, 2.24) is 15.2 Å². The maximum atomic E-state index is 11.7. The average Bonchev–Trinajstić information content (AvgIpc) is 2.42. The molecular formula is C12H21N5O2. The second kappa shape index (κ2) is 8.41. The fraction of sp³-hybridized carbons (Fsp3) is 0.500. The Bertz CT molecular complexity index is 380. The molecule has 0 radical (unpaired) electrons. The molecule has 7 nitrogen and oxygen atoms in total. The summed E-state index contributed by atoms with van der Waals surface area (Å²) in [6.07, 6.45) is 1.50. The third-order valence-electron chi connectivity index (χ3n) is 2.38. The molecule has 0 saturated heterocycles. The van der Waals surface area contributed by atoms with E-state index in [-0.39, 0.29) is 5.91 Å². The Morgan fingerprint density at radius 3 is 2.79 bits per heavy atom. The van der Waals surface area contributed by atoms with E-state index in [4.69, 9.17) is 10.6 Å². The van der Waals surface area contributed by atoms with Gasteiger partial charge < -0.3 is 20.4 Å². The molecule has 0 atom stereocenters. The normalized spacial score (nSPS) is 10.5. The van der Waals surface area contributed by atoms with Crippen LogP contribution in [0.1, 0.15) is 10.5 Å². The van der Waals surface area contributed by atoms with Crippen molar-refractivity contribution < 1.29 is 9.53 Å². The Morgan fingerprint density at radius 1 is 1.42 bits per heavy atom. The number of aromatic nitrogens is 1. The minimum absolute atomic E-state index is 0.222. The van der Waals surface area contributed by atoms with E-state index >= 15 is 0 Å². The van der Waals surface area contributed by atoms with E-state index in [1.54, 1.807) is 12.1 Å². The van der Waals surface area contributed by atoms with Crippen LogP contribution >= 0.6 is 0 Å². The van der Waals surface area contributed by atoms with Crippen molar-refractivity contribution in [2.75, 3.05) is 45.8 Å². The van der Waals surface area contributed by atoms with E-state index in [1.165, 1.54) is 6.20 Å². The Labute approximate surface area is 113 Å². The number of nitrogen functional groups attached to an aromatic ring is 1. The number of pyridine rings is 1. The summed E-state index contributed by atoms with van der Waals surface area (Å²) in [5.41, 5.74) is 3.46. The van der Waals surface area contributed by atoms with Crippen LogP contribution in [0.4, 0.5) is 5.69 Å². The third-order valence-corrected chi connectivity index (χ3v) is 2.38. The van der Waals surface area contributed by atoms with Crippen LogP contribution in [-0.4, -0.2) is 56.2 Å². The maximum absolute atomic E-state index is 11.7. The molecule has 0 aliphatic heterocycles. The Balaban J connectivity index is 2.20. The summed E-state index contributed by atoms with van der Waals surface area (Å²) in [5, 5.41) is 2.73. The topological polar surface area (TPSA) is 92.5 Å². The Hall–Kier alpha value is -1.70. The number of nitrogens with one attached hydrogen (secondary N) is 2. The van der Waals surface area contributed by atoms with Crippen LogP contribution in [0.2, 0.25) is 0 Å². The second-order valence-electron chi connectivity index (χ2n) is 4.25. The first kappa shape index (κ1) is 15.4. The molecule has 1 rings (SSSR count). The minimum Gasteiger partial charge on any atom is -0.378 e. The number of hydrazine groups is 1. The van der Waals surface area contributed by atoms with Crippen LogP contribution < -0.4 is 16.6 Å². The molecular weight excluding hydrogens is 246 g/mol.